The highest BCUT2D eigenvalue weighted by Gasteiger charge is 2.26. The molecule has 2 aliphatic rings. The van der Waals surface area contributed by atoms with Gasteiger partial charge >= 0.3 is 0 Å². The first kappa shape index (κ1) is 38.6. The Balaban J connectivity index is 0.867. The first-order valence-corrected chi connectivity index (χ1v) is 19.0. The second-order valence-electron chi connectivity index (χ2n) is 15.0. The standard InChI is InChI=1S/C45H56O8/c1-7-43(53-40-22-14-36(15-23-40)45(5,6)34-10-18-38(19-11-34)49-29-42-31-51-42)47-27-26-46-25-24-32(2)52-39-20-12-35(13-21-39)44(3,4)33-8-16-37(17-9-33)48-28-41-30-50-41/h8-23,32,41-43H,7,24-31H2,1-6H3. The number of benzene rings is 4. The maximum atomic E-state index is 6.19. The number of rotatable bonds is 22. The molecule has 4 aromatic rings. The van der Waals surface area contributed by atoms with Gasteiger partial charge in [-0.15, -0.1) is 0 Å². The van der Waals surface area contributed by atoms with E-state index in [1.54, 1.807) is 0 Å². The fourth-order valence-corrected chi connectivity index (χ4v) is 6.14. The van der Waals surface area contributed by atoms with Gasteiger partial charge in [-0.3, -0.25) is 0 Å². The molecule has 0 radical (unpaired) electrons. The predicted molar refractivity (Wildman–Crippen MR) is 207 cm³/mol. The van der Waals surface area contributed by atoms with Crippen LogP contribution in [0.2, 0.25) is 0 Å². The van der Waals surface area contributed by atoms with E-state index in [0.29, 0.717) is 33.0 Å². The lowest BCUT2D eigenvalue weighted by atomic mass is 9.78. The van der Waals surface area contributed by atoms with Gasteiger partial charge in [-0.05, 0) is 77.7 Å². The highest BCUT2D eigenvalue weighted by molar-refractivity contribution is 5.43. The van der Waals surface area contributed by atoms with Crippen LogP contribution >= 0.6 is 0 Å². The molecular weight excluding hydrogens is 668 g/mol. The lowest BCUT2D eigenvalue weighted by Gasteiger charge is -2.27. The topological polar surface area (TPSA) is 80.4 Å². The maximum absolute atomic E-state index is 6.19. The Morgan fingerprint density at radius 3 is 1.36 bits per heavy atom. The molecule has 2 heterocycles. The van der Waals surface area contributed by atoms with Crippen molar-refractivity contribution in [1.82, 2.24) is 0 Å². The van der Waals surface area contributed by atoms with Gasteiger partial charge in [-0.2, -0.15) is 0 Å². The summed E-state index contributed by atoms with van der Waals surface area (Å²) in [6.45, 7) is 17.4. The maximum Gasteiger partial charge on any atom is 0.199 e. The molecule has 2 fully saturated rings. The fraction of sp³-hybridized carbons (Fsp3) is 0.467. The van der Waals surface area contributed by atoms with Crippen LogP contribution in [-0.4, -0.2) is 70.9 Å². The number of hydrogen-bond donors (Lipinski definition) is 0. The molecule has 8 heteroatoms. The molecule has 53 heavy (non-hydrogen) atoms. The molecule has 6 rings (SSSR count). The third-order valence-corrected chi connectivity index (χ3v) is 10.1. The molecule has 0 aromatic heterocycles. The Hall–Kier alpha value is -4.08. The summed E-state index contributed by atoms with van der Waals surface area (Å²) in [7, 11) is 0. The van der Waals surface area contributed by atoms with Gasteiger partial charge in [0, 0.05) is 23.7 Å². The Kier molecular flexibility index (Phi) is 13.0. The summed E-state index contributed by atoms with van der Waals surface area (Å²) in [5.41, 5.74) is 4.54. The molecule has 4 unspecified atom stereocenters. The summed E-state index contributed by atoms with van der Waals surface area (Å²) in [5, 5.41) is 0. The molecule has 0 bridgehead atoms. The van der Waals surface area contributed by atoms with E-state index < -0.39 is 0 Å². The van der Waals surface area contributed by atoms with Gasteiger partial charge in [0.05, 0.1) is 39.1 Å². The number of ether oxygens (including phenoxy) is 8. The van der Waals surface area contributed by atoms with E-state index in [1.807, 2.05) is 36.4 Å². The Labute approximate surface area is 315 Å². The lowest BCUT2D eigenvalue weighted by molar-refractivity contribution is -0.0970. The van der Waals surface area contributed by atoms with Gasteiger partial charge in [0.25, 0.3) is 0 Å². The van der Waals surface area contributed by atoms with Crippen LogP contribution < -0.4 is 18.9 Å². The summed E-state index contributed by atoms with van der Waals surface area (Å²) in [6.07, 6.45) is 1.68. The van der Waals surface area contributed by atoms with Crippen LogP contribution in [0.3, 0.4) is 0 Å². The van der Waals surface area contributed by atoms with E-state index in [1.165, 1.54) is 22.3 Å². The molecular formula is C45H56O8. The molecule has 0 saturated carbocycles. The smallest absolute Gasteiger partial charge is 0.199 e. The Morgan fingerprint density at radius 2 is 0.962 bits per heavy atom. The predicted octanol–water partition coefficient (Wildman–Crippen LogP) is 8.90. The van der Waals surface area contributed by atoms with Crippen LogP contribution in [0.1, 0.15) is 76.6 Å². The minimum absolute atomic E-state index is 0.0175. The summed E-state index contributed by atoms with van der Waals surface area (Å²) in [4.78, 5) is 0. The molecule has 4 atom stereocenters. The van der Waals surface area contributed by atoms with Gasteiger partial charge in [-0.1, -0.05) is 83.1 Å². The summed E-state index contributed by atoms with van der Waals surface area (Å²) in [5.74, 6) is 3.37. The van der Waals surface area contributed by atoms with Crippen molar-refractivity contribution in [3.05, 3.63) is 119 Å². The Bertz CT molecular complexity index is 1670. The zero-order valence-electron chi connectivity index (χ0n) is 32.2. The normalized spacial score (nSPS) is 17.8. The fourth-order valence-electron chi connectivity index (χ4n) is 6.14. The molecule has 0 spiro atoms. The zero-order chi connectivity index (χ0) is 37.3. The SMILES string of the molecule is CCC(OCCOCCC(C)Oc1ccc(C(C)(C)c2ccc(OCC3CO3)cc2)cc1)Oc1ccc(C(C)(C)c2ccc(OCC3CO3)cc2)cc1. The Morgan fingerprint density at radius 1 is 0.566 bits per heavy atom. The van der Waals surface area contributed by atoms with Crippen molar-refractivity contribution >= 4 is 0 Å². The van der Waals surface area contributed by atoms with Gasteiger partial charge < -0.3 is 37.9 Å². The zero-order valence-corrected chi connectivity index (χ0v) is 32.2. The van der Waals surface area contributed by atoms with E-state index in [0.717, 1.165) is 49.1 Å². The van der Waals surface area contributed by atoms with Crippen molar-refractivity contribution in [2.24, 2.45) is 0 Å². The lowest BCUT2D eigenvalue weighted by Crippen LogP contribution is -2.23. The first-order chi connectivity index (χ1) is 25.6. The average molecular weight is 725 g/mol. The van der Waals surface area contributed by atoms with Crippen LogP contribution in [0.5, 0.6) is 23.0 Å². The van der Waals surface area contributed by atoms with E-state index in [4.69, 9.17) is 37.9 Å². The van der Waals surface area contributed by atoms with Crippen molar-refractivity contribution in [2.45, 2.75) is 89.8 Å². The van der Waals surface area contributed by atoms with Crippen LogP contribution in [0.15, 0.2) is 97.1 Å². The minimum Gasteiger partial charge on any atom is -0.491 e. The van der Waals surface area contributed by atoms with Crippen LogP contribution in [0.4, 0.5) is 0 Å². The molecule has 0 amide bonds. The summed E-state index contributed by atoms with van der Waals surface area (Å²) >= 11 is 0. The molecule has 284 valence electrons. The summed E-state index contributed by atoms with van der Waals surface area (Å²) in [6, 6.07) is 33.4. The van der Waals surface area contributed by atoms with E-state index >= 15 is 0 Å². The largest absolute Gasteiger partial charge is 0.491 e. The highest BCUT2D eigenvalue weighted by atomic mass is 16.7. The van der Waals surface area contributed by atoms with Crippen molar-refractivity contribution in [3.63, 3.8) is 0 Å². The first-order valence-electron chi connectivity index (χ1n) is 19.0. The molecule has 2 aliphatic heterocycles. The number of epoxide rings is 2. The van der Waals surface area contributed by atoms with Crippen molar-refractivity contribution in [2.75, 3.05) is 46.2 Å². The van der Waals surface area contributed by atoms with E-state index in [-0.39, 0.29) is 35.4 Å². The molecule has 8 nitrogen and oxygen atoms in total. The van der Waals surface area contributed by atoms with Gasteiger partial charge in [0.15, 0.2) is 6.29 Å². The molecule has 0 aliphatic carbocycles. The molecule has 4 aromatic carbocycles. The van der Waals surface area contributed by atoms with Gasteiger partial charge in [-0.25, -0.2) is 0 Å². The van der Waals surface area contributed by atoms with Crippen molar-refractivity contribution in [1.29, 1.82) is 0 Å². The average Bonchev–Trinajstić information content (AvgIpc) is 4.11. The monoisotopic (exact) mass is 724 g/mol. The third-order valence-electron chi connectivity index (χ3n) is 10.1. The third kappa shape index (κ3) is 11.2. The van der Waals surface area contributed by atoms with E-state index in [2.05, 4.69) is 102 Å². The van der Waals surface area contributed by atoms with Crippen LogP contribution in [0, 0.1) is 0 Å². The van der Waals surface area contributed by atoms with Gasteiger partial charge in [0.2, 0.25) is 0 Å². The second kappa shape index (κ2) is 17.8. The second-order valence-corrected chi connectivity index (χ2v) is 15.0. The number of hydrogen-bond acceptors (Lipinski definition) is 8. The molecule has 2 saturated heterocycles. The van der Waals surface area contributed by atoms with E-state index in [9.17, 15) is 0 Å². The van der Waals surface area contributed by atoms with Gasteiger partial charge in [0.1, 0.15) is 48.4 Å². The van der Waals surface area contributed by atoms with Crippen molar-refractivity contribution in [3.8, 4) is 23.0 Å². The van der Waals surface area contributed by atoms with Crippen LogP contribution in [-0.2, 0) is 29.8 Å². The van der Waals surface area contributed by atoms with Crippen LogP contribution in [0.25, 0.3) is 0 Å². The van der Waals surface area contributed by atoms with Crippen molar-refractivity contribution < 1.29 is 37.9 Å². The minimum atomic E-state index is -0.345. The quantitative estimate of drug-likeness (QED) is 0.0452. The molecule has 0 N–H and O–H groups in total. The highest BCUT2D eigenvalue weighted by Crippen LogP contribution is 2.35. The summed E-state index contributed by atoms with van der Waals surface area (Å²) < 4.78 is 46.3.